The Morgan fingerprint density at radius 3 is 2.81 bits per heavy atom. The van der Waals surface area contributed by atoms with E-state index in [1.807, 2.05) is 26.1 Å². The van der Waals surface area contributed by atoms with Crippen molar-refractivity contribution in [3.05, 3.63) is 23.5 Å². The molecule has 0 N–H and O–H groups in total. The predicted molar refractivity (Wildman–Crippen MR) is 98.1 cm³/mol. The number of hydrogen-bond donors (Lipinski definition) is 0. The average Bonchev–Trinajstić information content (AvgIpc) is 3.29. The van der Waals surface area contributed by atoms with Gasteiger partial charge < -0.3 is 14.7 Å². The molecule has 3 saturated heterocycles. The number of carbonyl (C=O) groups excluding carboxylic acids is 2. The molecule has 27 heavy (non-hydrogen) atoms. The molecule has 3 aliphatic rings. The zero-order valence-electron chi connectivity index (χ0n) is 14.9. The highest BCUT2D eigenvalue weighted by Gasteiger charge is 2.41. The molecule has 0 bridgehead atoms. The molecule has 9 nitrogen and oxygen atoms in total. The molecule has 5 rings (SSSR count). The Kier molecular flexibility index (Phi) is 4.07. The number of amides is 2. The molecule has 0 spiro atoms. The number of nitrogens with zero attached hydrogens (tertiary/aromatic N) is 7. The third kappa shape index (κ3) is 3.07. The molecule has 0 aromatic carbocycles. The number of carbonyl (C=O) groups is 2. The highest BCUT2D eigenvalue weighted by Crippen LogP contribution is 2.30. The van der Waals surface area contributed by atoms with E-state index >= 15 is 0 Å². The van der Waals surface area contributed by atoms with Gasteiger partial charge >= 0.3 is 0 Å². The van der Waals surface area contributed by atoms with E-state index in [-0.39, 0.29) is 23.8 Å². The van der Waals surface area contributed by atoms with Gasteiger partial charge in [0.1, 0.15) is 5.69 Å². The van der Waals surface area contributed by atoms with Crippen LogP contribution in [0, 0.1) is 5.92 Å². The smallest absolute Gasteiger partial charge is 0.229 e. The fourth-order valence-corrected chi connectivity index (χ4v) is 4.52. The largest absolute Gasteiger partial charge is 0.346 e. The average molecular weight is 387 g/mol. The first-order chi connectivity index (χ1) is 13.2. The second kappa shape index (κ2) is 6.59. The van der Waals surface area contributed by atoms with Crippen LogP contribution in [-0.4, -0.2) is 74.3 Å². The third-order valence-electron chi connectivity index (χ3n) is 5.55. The normalized spacial score (nSPS) is 20.9. The lowest BCUT2D eigenvalue weighted by Gasteiger charge is -2.45. The van der Waals surface area contributed by atoms with Crippen LogP contribution < -0.4 is 4.90 Å². The number of rotatable bonds is 5. The molecule has 0 saturated carbocycles. The minimum absolute atomic E-state index is 0.0716. The van der Waals surface area contributed by atoms with Crippen LogP contribution in [0.15, 0.2) is 17.8 Å². The molecule has 0 unspecified atom stereocenters. The molecule has 0 atom stereocenters. The van der Waals surface area contributed by atoms with E-state index in [2.05, 4.69) is 20.2 Å². The van der Waals surface area contributed by atoms with Crippen molar-refractivity contribution in [2.75, 3.05) is 37.6 Å². The lowest BCUT2D eigenvalue weighted by molar-refractivity contribution is -0.142. The topological polar surface area (TPSA) is 87.5 Å². The van der Waals surface area contributed by atoms with Crippen molar-refractivity contribution in [1.82, 2.24) is 29.8 Å². The van der Waals surface area contributed by atoms with Gasteiger partial charge in [-0.2, -0.15) is 0 Å². The molecule has 5 heterocycles. The SMILES string of the molecule is O=C1CCCN1Cc1cn(C2CN(C(=O)C3CN(c4nccs4)C3)C2)nn1. The molecule has 2 aromatic heterocycles. The lowest BCUT2D eigenvalue weighted by Crippen LogP contribution is -2.59. The summed E-state index contributed by atoms with van der Waals surface area (Å²) in [6, 6.07) is 0.180. The molecule has 2 aromatic rings. The van der Waals surface area contributed by atoms with E-state index in [1.54, 1.807) is 17.5 Å². The van der Waals surface area contributed by atoms with Crippen LogP contribution >= 0.6 is 11.3 Å². The van der Waals surface area contributed by atoms with Crippen molar-refractivity contribution in [3.8, 4) is 0 Å². The minimum Gasteiger partial charge on any atom is -0.346 e. The molecule has 3 fully saturated rings. The van der Waals surface area contributed by atoms with Crippen molar-refractivity contribution in [3.63, 3.8) is 0 Å². The number of anilines is 1. The van der Waals surface area contributed by atoms with Crippen molar-refractivity contribution in [2.45, 2.75) is 25.4 Å². The predicted octanol–water partition coefficient (Wildman–Crippen LogP) is 0.377. The Morgan fingerprint density at radius 1 is 1.26 bits per heavy atom. The van der Waals surface area contributed by atoms with Crippen molar-refractivity contribution in [1.29, 1.82) is 0 Å². The van der Waals surface area contributed by atoms with E-state index in [9.17, 15) is 9.59 Å². The van der Waals surface area contributed by atoms with Gasteiger partial charge in [-0.3, -0.25) is 9.59 Å². The van der Waals surface area contributed by atoms with Crippen LogP contribution in [0.4, 0.5) is 5.13 Å². The molecule has 10 heteroatoms. The maximum atomic E-state index is 12.6. The van der Waals surface area contributed by atoms with Crippen molar-refractivity contribution >= 4 is 28.3 Å². The van der Waals surface area contributed by atoms with E-state index in [4.69, 9.17) is 0 Å². The zero-order valence-corrected chi connectivity index (χ0v) is 15.7. The van der Waals surface area contributed by atoms with Gasteiger partial charge in [0.05, 0.1) is 24.7 Å². The van der Waals surface area contributed by atoms with Crippen molar-refractivity contribution < 1.29 is 9.59 Å². The Hall–Kier alpha value is -2.49. The molecule has 0 radical (unpaired) electrons. The van der Waals surface area contributed by atoms with Crippen LogP contribution in [0.3, 0.4) is 0 Å². The fraction of sp³-hybridized carbons (Fsp3) is 0.588. The molecule has 3 aliphatic heterocycles. The summed E-state index contributed by atoms with van der Waals surface area (Å²) in [6.07, 6.45) is 5.26. The molecule has 2 amide bonds. The van der Waals surface area contributed by atoms with E-state index in [1.165, 1.54) is 0 Å². The van der Waals surface area contributed by atoms with Gasteiger partial charge in [-0.15, -0.1) is 16.4 Å². The van der Waals surface area contributed by atoms with E-state index in [0.717, 1.165) is 36.9 Å². The van der Waals surface area contributed by atoms with Gasteiger partial charge in [0.15, 0.2) is 5.13 Å². The summed E-state index contributed by atoms with van der Waals surface area (Å²) < 4.78 is 1.84. The van der Waals surface area contributed by atoms with E-state index < -0.39 is 0 Å². The van der Waals surface area contributed by atoms with Gasteiger partial charge in [0.25, 0.3) is 0 Å². The Balaban J connectivity index is 1.10. The quantitative estimate of drug-likeness (QED) is 0.737. The maximum absolute atomic E-state index is 12.6. The molecular weight excluding hydrogens is 366 g/mol. The summed E-state index contributed by atoms with van der Waals surface area (Å²) >= 11 is 1.61. The molecule has 0 aliphatic carbocycles. The summed E-state index contributed by atoms with van der Waals surface area (Å²) in [5.74, 6) is 0.488. The highest BCUT2D eigenvalue weighted by molar-refractivity contribution is 7.13. The number of likely N-dealkylation sites (tertiary alicyclic amines) is 2. The Bertz CT molecular complexity index is 839. The molecular formula is C17H21N7O2S. The highest BCUT2D eigenvalue weighted by atomic mass is 32.1. The Morgan fingerprint density at radius 2 is 2.11 bits per heavy atom. The fourth-order valence-electron chi connectivity index (χ4n) is 3.85. The number of hydrogen-bond acceptors (Lipinski definition) is 7. The summed E-state index contributed by atoms with van der Waals surface area (Å²) in [4.78, 5) is 34.4. The first-order valence-electron chi connectivity index (χ1n) is 9.29. The summed E-state index contributed by atoms with van der Waals surface area (Å²) in [5.41, 5.74) is 0.813. The van der Waals surface area contributed by atoms with Crippen LogP contribution in [0.1, 0.15) is 24.6 Å². The second-order valence-corrected chi connectivity index (χ2v) is 8.30. The van der Waals surface area contributed by atoms with Gasteiger partial charge in [0, 0.05) is 50.7 Å². The monoisotopic (exact) mass is 387 g/mol. The van der Waals surface area contributed by atoms with Gasteiger partial charge in [-0.05, 0) is 6.42 Å². The molecule has 142 valence electrons. The first-order valence-corrected chi connectivity index (χ1v) is 10.2. The van der Waals surface area contributed by atoms with Gasteiger partial charge in [-0.25, -0.2) is 9.67 Å². The number of thiazole rings is 1. The van der Waals surface area contributed by atoms with Crippen LogP contribution in [-0.2, 0) is 16.1 Å². The van der Waals surface area contributed by atoms with Gasteiger partial charge in [-0.1, -0.05) is 5.21 Å². The lowest BCUT2D eigenvalue weighted by atomic mass is 9.96. The summed E-state index contributed by atoms with van der Waals surface area (Å²) in [5, 5.41) is 11.3. The van der Waals surface area contributed by atoms with Crippen LogP contribution in [0.25, 0.3) is 0 Å². The first kappa shape index (κ1) is 16.7. The van der Waals surface area contributed by atoms with Crippen LogP contribution in [0.2, 0.25) is 0 Å². The third-order valence-corrected chi connectivity index (χ3v) is 6.38. The zero-order chi connectivity index (χ0) is 18.4. The maximum Gasteiger partial charge on any atom is 0.229 e. The Labute approximate surface area is 160 Å². The summed E-state index contributed by atoms with van der Waals surface area (Å²) in [6.45, 7) is 4.20. The standard InChI is InChI=1S/C17H21N7O2S/c25-15-2-1-4-21(15)8-13-9-24(20-19-13)14-10-22(11-14)16(26)12-6-23(7-12)17-18-3-5-27-17/h3,5,9,12,14H,1-2,4,6-8,10-11H2. The number of aromatic nitrogens is 4. The second-order valence-electron chi connectivity index (χ2n) is 7.42. The van der Waals surface area contributed by atoms with Gasteiger partial charge in [0.2, 0.25) is 11.8 Å². The van der Waals surface area contributed by atoms with Crippen molar-refractivity contribution in [2.24, 2.45) is 5.92 Å². The summed E-state index contributed by atoms with van der Waals surface area (Å²) in [7, 11) is 0. The minimum atomic E-state index is 0.0716. The van der Waals surface area contributed by atoms with E-state index in [0.29, 0.717) is 26.1 Å². The van der Waals surface area contributed by atoms with Crippen LogP contribution in [0.5, 0.6) is 0 Å².